The summed E-state index contributed by atoms with van der Waals surface area (Å²) in [5.41, 5.74) is 3.91. The molecule has 148 valence electrons. The van der Waals surface area contributed by atoms with Crippen molar-refractivity contribution < 1.29 is 14.4 Å². The molecule has 1 aliphatic heterocycles. The molecule has 0 bridgehead atoms. The fourth-order valence-corrected chi connectivity index (χ4v) is 2.97. The van der Waals surface area contributed by atoms with E-state index in [0.717, 1.165) is 16.9 Å². The van der Waals surface area contributed by atoms with Gasteiger partial charge in [0.15, 0.2) is 0 Å². The zero-order valence-corrected chi connectivity index (χ0v) is 16.2. The van der Waals surface area contributed by atoms with Gasteiger partial charge in [0.1, 0.15) is 12.1 Å². The van der Waals surface area contributed by atoms with Crippen molar-refractivity contribution in [1.82, 2.24) is 14.8 Å². The van der Waals surface area contributed by atoms with Gasteiger partial charge in [-0.15, -0.1) is 5.10 Å². The predicted molar refractivity (Wildman–Crippen MR) is 108 cm³/mol. The lowest BCUT2D eigenvalue weighted by Crippen LogP contribution is -2.28. The highest BCUT2D eigenvalue weighted by atomic mass is 16.6. The first-order valence-electron chi connectivity index (χ1n) is 9.23. The number of carbonyl (C=O) groups excluding carboxylic acids is 1. The van der Waals surface area contributed by atoms with Crippen molar-refractivity contribution >= 4 is 17.6 Å². The van der Waals surface area contributed by atoms with E-state index in [0.29, 0.717) is 18.7 Å². The minimum absolute atomic E-state index is 0.239. The first kappa shape index (κ1) is 18.7. The Morgan fingerprint density at radius 3 is 2.69 bits per heavy atom. The van der Waals surface area contributed by atoms with E-state index in [2.05, 4.69) is 20.6 Å². The molecule has 3 aromatic rings. The van der Waals surface area contributed by atoms with E-state index >= 15 is 0 Å². The Labute approximate surface area is 168 Å². The third-order valence-corrected chi connectivity index (χ3v) is 4.62. The van der Waals surface area contributed by atoms with E-state index in [-0.39, 0.29) is 11.9 Å². The molecule has 8 nitrogen and oxygen atoms in total. The number of amides is 1. The van der Waals surface area contributed by atoms with Crippen molar-refractivity contribution in [2.24, 2.45) is 5.16 Å². The Kier molecular flexibility index (Phi) is 5.24. The molecule has 0 saturated heterocycles. The van der Waals surface area contributed by atoms with E-state index in [1.165, 1.54) is 5.56 Å². The van der Waals surface area contributed by atoms with Gasteiger partial charge in [-0.2, -0.15) is 0 Å². The van der Waals surface area contributed by atoms with Crippen LogP contribution in [-0.2, 0) is 16.2 Å². The van der Waals surface area contributed by atoms with Crippen LogP contribution in [0.1, 0.15) is 23.1 Å². The van der Waals surface area contributed by atoms with Crippen LogP contribution in [-0.4, -0.2) is 39.6 Å². The van der Waals surface area contributed by atoms with Crippen molar-refractivity contribution in [3.05, 3.63) is 71.5 Å². The van der Waals surface area contributed by atoms with Crippen molar-refractivity contribution in [3.63, 3.8) is 0 Å². The van der Waals surface area contributed by atoms with Gasteiger partial charge in [0, 0.05) is 6.42 Å². The van der Waals surface area contributed by atoms with Gasteiger partial charge in [-0.05, 0) is 42.3 Å². The standard InChI is InChI=1S/C21H21N5O3/c1-14-3-5-15(6-4-14)12-26-13-22-21(24-26)23-20(27)19-11-18(25-29-19)16-7-9-17(28-2)10-8-16/h3-10,13,19H,11-12H2,1-2H3,(H,23,24,27). The number of benzene rings is 2. The highest BCUT2D eigenvalue weighted by Crippen LogP contribution is 2.20. The normalized spacial score (nSPS) is 15.5. The number of oxime groups is 1. The molecule has 0 saturated carbocycles. The molecule has 1 aliphatic rings. The zero-order chi connectivity index (χ0) is 20.2. The number of carbonyl (C=O) groups is 1. The number of ether oxygens (including phenoxy) is 1. The Morgan fingerprint density at radius 2 is 1.97 bits per heavy atom. The van der Waals surface area contributed by atoms with Crippen LogP contribution in [0, 0.1) is 6.92 Å². The van der Waals surface area contributed by atoms with E-state index in [1.54, 1.807) is 18.1 Å². The van der Waals surface area contributed by atoms with Gasteiger partial charge in [0.2, 0.25) is 12.1 Å². The van der Waals surface area contributed by atoms with Crippen LogP contribution in [0.25, 0.3) is 0 Å². The number of methoxy groups -OCH3 is 1. The number of nitrogens with one attached hydrogen (secondary N) is 1. The minimum atomic E-state index is -0.712. The lowest BCUT2D eigenvalue weighted by atomic mass is 10.0. The van der Waals surface area contributed by atoms with Crippen LogP contribution < -0.4 is 10.1 Å². The molecule has 1 atom stereocenters. The van der Waals surface area contributed by atoms with Gasteiger partial charge in [-0.25, -0.2) is 9.67 Å². The average Bonchev–Trinajstić information content (AvgIpc) is 3.40. The Balaban J connectivity index is 1.33. The number of aryl methyl sites for hydroxylation is 1. The van der Waals surface area contributed by atoms with Gasteiger partial charge in [-0.1, -0.05) is 35.0 Å². The first-order chi connectivity index (χ1) is 14.1. The van der Waals surface area contributed by atoms with E-state index in [4.69, 9.17) is 9.57 Å². The quantitative estimate of drug-likeness (QED) is 0.698. The van der Waals surface area contributed by atoms with Crippen LogP contribution in [0.15, 0.2) is 60.0 Å². The number of rotatable bonds is 6. The molecule has 1 amide bonds. The van der Waals surface area contributed by atoms with E-state index in [9.17, 15) is 4.79 Å². The van der Waals surface area contributed by atoms with E-state index in [1.807, 2.05) is 55.5 Å². The number of hydrogen-bond acceptors (Lipinski definition) is 6. The third-order valence-electron chi connectivity index (χ3n) is 4.62. The summed E-state index contributed by atoms with van der Waals surface area (Å²) in [7, 11) is 1.61. The highest BCUT2D eigenvalue weighted by molar-refractivity contribution is 6.05. The molecule has 1 aromatic heterocycles. The molecule has 8 heteroatoms. The van der Waals surface area contributed by atoms with Crippen LogP contribution >= 0.6 is 0 Å². The van der Waals surface area contributed by atoms with Gasteiger partial charge in [0.25, 0.3) is 5.91 Å². The van der Waals surface area contributed by atoms with Crippen LogP contribution in [0.4, 0.5) is 5.95 Å². The Bertz CT molecular complexity index is 1030. The van der Waals surface area contributed by atoms with Gasteiger partial charge >= 0.3 is 0 Å². The minimum Gasteiger partial charge on any atom is -0.497 e. The smallest absolute Gasteiger partial charge is 0.271 e. The molecule has 2 aromatic carbocycles. The summed E-state index contributed by atoms with van der Waals surface area (Å²) in [6.07, 6.45) is 1.25. The summed E-state index contributed by atoms with van der Waals surface area (Å²) < 4.78 is 6.83. The van der Waals surface area contributed by atoms with Crippen LogP contribution in [0.2, 0.25) is 0 Å². The average molecular weight is 391 g/mol. The van der Waals surface area contributed by atoms with Gasteiger partial charge in [-0.3, -0.25) is 10.1 Å². The number of aromatic nitrogens is 3. The topological polar surface area (TPSA) is 90.6 Å². The van der Waals surface area contributed by atoms with Crippen molar-refractivity contribution in [2.75, 3.05) is 12.4 Å². The number of nitrogens with zero attached hydrogens (tertiary/aromatic N) is 4. The first-order valence-corrected chi connectivity index (χ1v) is 9.23. The summed E-state index contributed by atoms with van der Waals surface area (Å²) >= 11 is 0. The maximum absolute atomic E-state index is 12.5. The van der Waals surface area contributed by atoms with Crippen LogP contribution in [0.3, 0.4) is 0 Å². The van der Waals surface area contributed by atoms with E-state index < -0.39 is 6.10 Å². The summed E-state index contributed by atoms with van der Waals surface area (Å²) in [6.45, 7) is 2.62. The lowest BCUT2D eigenvalue weighted by Gasteiger charge is -2.07. The van der Waals surface area contributed by atoms with Crippen molar-refractivity contribution in [2.45, 2.75) is 26.0 Å². The summed E-state index contributed by atoms with van der Waals surface area (Å²) in [4.78, 5) is 21.9. The fourth-order valence-electron chi connectivity index (χ4n) is 2.97. The molecule has 0 radical (unpaired) electrons. The second-order valence-corrected chi connectivity index (χ2v) is 6.81. The molecule has 0 spiro atoms. The van der Waals surface area contributed by atoms with Crippen LogP contribution in [0.5, 0.6) is 5.75 Å². The number of hydrogen-bond donors (Lipinski definition) is 1. The number of anilines is 1. The third kappa shape index (κ3) is 4.43. The van der Waals surface area contributed by atoms with Crippen molar-refractivity contribution in [3.8, 4) is 5.75 Å². The maximum atomic E-state index is 12.5. The molecule has 4 rings (SSSR count). The summed E-state index contributed by atoms with van der Waals surface area (Å²) in [6, 6.07) is 15.6. The predicted octanol–water partition coefficient (Wildman–Crippen LogP) is 2.78. The molecular formula is C21H21N5O3. The zero-order valence-electron chi connectivity index (χ0n) is 16.2. The largest absolute Gasteiger partial charge is 0.497 e. The fraction of sp³-hybridized carbons (Fsp3) is 0.238. The summed E-state index contributed by atoms with van der Waals surface area (Å²) in [5.74, 6) is 0.670. The maximum Gasteiger partial charge on any atom is 0.271 e. The Hall–Kier alpha value is -3.68. The highest BCUT2D eigenvalue weighted by Gasteiger charge is 2.29. The van der Waals surface area contributed by atoms with Gasteiger partial charge in [0.05, 0.1) is 19.4 Å². The lowest BCUT2D eigenvalue weighted by molar-refractivity contribution is -0.125. The van der Waals surface area contributed by atoms with Crippen molar-refractivity contribution in [1.29, 1.82) is 0 Å². The molecule has 29 heavy (non-hydrogen) atoms. The Morgan fingerprint density at radius 1 is 1.21 bits per heavy atom. The summed E-state index contributed by atoms with van der Waals surface area (Å²) in [5, 5.41) is 11.0. The molecule has 1 N–H and O–H groups in total. The second-order valence-electron chi connectivity index (χ2n) is 6.81. The molecule has 2 heterocycles. The monoisotopic (exact) mass is 391 g/mol. The second kappa shape index (κ2) is 8.14. The SMILES string of the molecule is COc1ccc(C2=NOC(C(=O)Nc3ncn(Cc4ccc(C)cc4)n3)C2)cc1. The van der Waals surface area contributed by atoms with Gasteiger partial charge < -0.3 is 9.57 Å². The molecule has 0 aliphatic carbocycles. The molecule has 0 fully saturated rings. The molecular weight excluding hydrogens is 370 g/mol. The molecule has 1 unspecified atom stereocenters.